The Labute approximate surface area is 168 Å². The number of hydrogen-bond acceptors (Lipinski definition) is 6. The second-order valence-corrected chi connectivity index (χ2v) is 7.36. The summed E-state index contributed by atoms with van der Waals surface area (Å²) in [6.45, 7) is 4.62. The number of carbonyl (C=O) groups excluding carboxylic acids is 2. The van der Waals surface area contributed by atoms with Crippen molar-refractivity contribution in [1.29, 1.82) is 0 Å². The van der Waals surface area contributed by atoms with E-state index in [1.807, 2.05) is 43.3 Å². The van der Waals surface area contributed by atoms with E-state index in [9.17, 15) is 9.59 Å². The molecule has 1 aromatic heterocycles. The lowest BCUT2D eigenvalue weighted by Gasteiger charge is -2.12. The van der Waals surface area contributed by atoms with Gasteiger partial charge < -0.3 is 9.47 Å². The summed E-state index contributed by atoms with van der Waals surface area (Å²) in [6.07, 6.45) is 5.24. The minimum Gasteiger partial charge on any atom is -0.493 e. The topological polar surface area (TPSA) is 77.5 Å². The van der Waals surface area contributed by atoms with Gasteiger partial charge in [-0.2, -0.15) is 0 Å². The van der Waals surface area contributed by atoms with Crippen LogP contribution in [0.25, 0.3) is 6.08 Å². The van der Waals surface area contributed by atoms with E-state index >= 15 is 0 Å². The van der Waals surface area contributed by atoms with E-state index in [4.69, 9.17) is 9.47 Å². The fraction of sp³-hybridized carbons (Fsp3) is 0.286. The largest absolute Gasteiger partial charge is 0.493 e. The first kappa shape index (κ1) is 19.9. The van der Waals surface area contributed by atoms with Gasteiger partial charge in [0.25, 0.3) is 11.1 Å². The first-order valence-electron chi connectivity index (χ1n) is 9.13. The maximum atomic E-state index is 11.6. The molecule has 2 amide bonds. The Balaban J connectivity index is 1.48. The molecule has 0 bridgehead atoms. The van der Waals surface area contributed by atoms with Gasteiger partial charge in [-0.25, -0.2) is 0 Å². The van der Waals surface area contributed by atoms with Crippen LogP contribution in [0.3, 0.4) is 0 Å². The third-order valence-electron chi connectivity index (χ3n) is 4.16. The van der Waals surface area contributed by atoms with Crippen molar-refractivity contribution in [2.45, 2.75) is 32.8 Å². The normalized spacial score (nSPS) is 16.1. The summed E-state index contributed by atoms with van der Waals surface area (Å²) in [5.74, 6) is 1.15. The lowest BCUT2D eigenvalue weighted by Crippen LogP contribution is -2.17. The average molecular weight is 398 g/mol. The molecular formula is C21H22N2O4S. The first-order valence-corrected chi connectivity index (χ1v) is 9.94. The van der Waals surface area contributed by atoms with Crippen LogP contribution in [-0.4, -0.2) is 28.8 Å². The molecule has 28 heavy (non-hydrogen) atoms. The van der Waals surface area contributed by atoms with E-state index < -0.39 is 0 Å². The molecule has 1 unspecified atom stereocenters. The van der Waals surface area contributed by atoms with Gasteiger partial charge >= 0.3 is 0 Å². The summed E-state index contributed by atoms with van der Waals surface area (Å²) in [4.78, 5) is 27.5. The molecule has 2 heterocycles. The Morgan fingerprint density at radius 3 is 2.50 bits per heavy atom. The average Bonchev–Trinajstić information content (AvgIpc) is 3.01. The highest BCUT2D eigenvalue weighted by molar-refractivity contribution is 8.18. The number of ether oxygens (including phenoxy) is 2. The number of imide groups is 1. The highest BCUT2D eigenvalue weighted by Gasteiger charge is 2.24. The molecule has 1 N–H and O–H groups in total. The van der Waals surface area contributed by atoms with Gasteiger partial charge in [-0.1, -0.05) is 19.1 Å². The minimum absolute atomic E-state index is 0.178. The summed E-state index contributed by atoms with van der Waals surface area (Å²) in [5.41, 5.74) is 1.77. The number of aromatic nitrogens is 1. The van der Waals surface area contributed by atoms with Gasteiger partial charge in [0.15, 0.2) is 0 Å². The predicted octanol–water partition coefficient (Wildman–Crippen LogP) is 4.20. The molecule has 146 valence electrons. The maximum Gasteiger partial charge on any atom is 0.290 e. The fourth-order valence-electron chi connectivity index (χ4n) is 2.45. The molecule has 0 saturated carbocycles. The molecule has 0 radical (unpaired) electrons. The molecule has 1 atom stereocenters. The van der Waals surface area contributed by atoms with E-state index in [-0.39, 0.29) is 17.3 Å². The molecule has 1 fully saturated rings. The van der Waals surface area contributed by atoms with Crippen LogP contribution in [0, 0.1) is 0 Å². The Morgan fingerprint density at radius 2 is 1.89 bits per heavy atom. The Kier molecular flexibility index (Phi) is 6.71. The quantitative estimate of drug-likeness (QED) is 0.672. The number of nitrogens with zero attached hydrogens (tertiary/aromatic N) is 1. The highest BCUT2D eigenvalue weighted by Crippen LogP contribution is 2.26. The monoisotopic (exact) mass is 398 g/mol. The van der Waals surface area contributed by atoms with Gasteiger partial charge in [-0.05, 0) is 61.0 Å². The molecule has 0 spiro atoms. The van der Waals surface area contributed by atoms with Gasteiger partial charge in [0.05, 0.1) is 23.8 Å². The Bertz CT molecular complexity index is 863. The number of nitrogens with one attached hydrogen (secondary N) is 1. The van der Waals surface area contributed by atoms with E-state index in [1.165, 1.54) is 0 Å². The van der Waals surface area contributed by atoms with Crippen LogP contribution in [0.4, 0.5) is 4.79 Å². The van der Waals surface area contributed by atoms with E-state index in [0.29, 0.717) is 17.9 Å². The maximum absolute atomic E-state index is 11.6. The van der Waals surface area contributed by atoms with Crippen molar-refractivity contribution in [1.82, 2.24) is 10.3 Å². The van der Waals surface area contributed by atoms with E-state index in [1.54, 1.807) is 12.3 Å². The Morgan fingerprint density at radius 1 is 1.14 bits per heavy atom. The van der Waals surface area contributed by atoms with Crippen molar-refractivity contribution < 1.29 is 19.1 Å². The molecule has 1 saturated heterocycles. The van der Waals surface area contributed by atoms with E-state index in [2.05, 4.69) is 17.2 Å². The molecule has 2 aromatic rings. The van der Waals surface area contributed by atoms with Crippen molar-refractivity contribution in [3.63, 3.8) is 0 Å². The molecule has 7 heteroatoms. The number of amides is 2. The highest BCUT2D eigenvalue weighted by atomic mass is 32.2. The van der Waals surface area contributed by atoms with Crippen LogP contribution in [0.2, 0.25) is 0 Å². The molecule has 3 rings (SSSR count). The Hall–Kier alpha value is -2.80. The van der Waals surface area contributed by atoms with Crippen LogP contribution in [-0.2, 0) is 11.2 Å². The summed E-state index contributed by atoms with van der Waals surface area (Å²) in [6, 6.07) is 11.2. The van der Waals surface area contributed by atoms with Crippen LogP contribution in [0.1, 0.15) is 31.5 Å². The number of thioether (sulfide) groups is 1. The first-order chi connectivity index (χ1) is 13.5. The van der Waals surface area contributed by atoms with Crippen molar-refractivity contribution in [2.75, 3.05) is 6.61 Å². The van der Waals surface area contributed by atoms with Gasteiger partial charge in [0, 0.05) is 12.1 Å². The fourth-order valence-corrected chi connectivity index (χ4v) is 3.13. The predicted molar refractivity (Wildman–Crippen MR) is 109 cm³/mol. The van der Waals surface area contributed by atoms with E-state index in [0.717, 1.165) is 40.9 Å². The number of hydrogen-bond donors (Lipinski definition) is 1. The minimum atomic E-state index is -0.358. The standard InChI is InChI=1S/C21H22N2O4S/c1-3-14(2)27-18-9-6-16(22-13-18)10-11-26-17-7-4-15(5-8-17)12-19-20(24)23-21(25)28-19/h4-9,12-14H,3,10-11H2,1-2H3,(H,23,24,25). The van der Waals surface area contributed by atoms with Gasteiger partial charge in [0.2, 0.25) is 0 Å². The zero-order valence-corrected chi connectivity index (χ0v) is 16.6. The number of carbonyl (C=O) groups is 2. The summed E-state index contributed by atoms with van der Waals surface area (Å²) < 4.78 is 11.5. The van der Waals surface area contributed by atoms with Crippen molar-refractivity contribution >= 4 is 29.0 Å². The summed E-state index contributed by atoms with van der Waals surface area (Å²) in [5, 5.41) is 1.89. The molecule has 6 nitrogen and oxygen atoms in total. The molecule has 0 aliphatic carbocycles. The van der Waals surface area contributed by atoms with Crippen molar-refractivity contribution in [3.05, 3.63) is 58.8 Å². The summed E-state index contributed by atoms with van der Waals surface area (Å²) in [7, 11) is 0. The van der Waals surface area contributed by atoms with Crippen LogP contribution in [0.15, 0.2) is 47.5 Å². The van der Waals surface area contributed by atoms with Crippen LogP contribution >= 0.6 is 11.8 Å². The lowest BCUT2D eigenvalue weighted by molar-refractivity contribution is -0.115. The molecule has 1 aromatic carbocycles. The zero-order chi connectivity index (χ0) is 19.9. The van der Waals surface area contributed by atoms with Crippen molar-refractivity contribution in [3.8, 4) is 11.5 Å². The van der Waals surface area contributed by atoms with Crippen molar-refractivity contribution in [2.24, 2.45) is 0 Å². The number of rotatable bonds is 8. The lowest BCUT2D eigenvalue weighted by atomic mass is 10.2. The summed E-state index contributed by atoms with van der Waals surface area (Å²) >= 11 is 0.904. The number of pyridine rings is 1. The molecule has 1 aliphatic heterocycles. The smallest absolute Gasteiger partial charge is 0.290 e. The molecule has 1 aliphatic rings. The number of benzene rings is 1. The van der Waals surface area contributed by atoms with Gasteiger partial charge in [0.1, 0.15) is 11.5 Å². The molecular weight excluding hydrogens is 376 g/mol. The van der Waals surface area contributed by atoms with Gasteiger partial charge in [-0.3, -0.25) is 19.9 Å². The zero-order valence-electron chi connectivity index (χ0n) is 15.8. The third kappa shape index (κ3) is 5.60. The SMILES string of the molecule is CCC(C)Oc1ccc(CCOc2ccc(C=C3SC(=O)NC3=O)cc2)nc1. The second kappa shape index (κ2) is 9.41. The van der Waals surface area contributed by atoms with Gasteiger partial charge in [-0.15, -0.1) is 0 Å². The van der Waals surface area contributed by atoms with Crippen LogP contribution in [0.5, 0.6) is 11.5 Å². The second-order valence-electron chi connectivity index (χ2n) is 6.34. The third-order valence-corrected chi connectivity index (χ3v) is 4.97. The van der Waals surface area contributed by atoms with Crippen LogP contribution < -0.4 is 14.8 Å².